The fraction of sp³-hybridized carbons (Fsp3) is 0.316. The van der Waals surface area contributed by atoms with Crippen molar-refractivity contribution in [1.29, 1.82) is 0 Å². The zero-order valence-corrected chi connectivity index (χ0v) is 14.4. The highest BCUT2D eigenvalue weighted by molar-refractivity contribution is 5.79. The van der Waals surface area contributed by atoms with E-state index in [1.54, 1.807) is 11.8 Å². The van der Waals surface area contributed by atoms with Gasteiger partial charge in [0.1, 0.15) is 17.8 Å². The Morgan fingerprint density at radius 3 is 3.08 bits per heavy atom. The molecule has 7 nitrogen and oxygen atoms in total. The second kappa shape index (κ2) is 6.67. The second-order valence-electron chi connectivity index (χ2n) is 6.39. The van der Waals surface area contributed by atoms with Crippen molar-refractivity contribution in [2.45, 2.75) is 25.8 Å². The first-order valence-corrected chi connectivity index (χ1v) is 8.58. The summed E-state index contributed by atoms with van der Waals surface area (Å²) in [6.45, 7) is 2.12. The molecule has 4 rings (SSSR count). The predicted octanol–water partition coefficient (Wildman–Crippen LogP) is 2.57. The summed E-state index contributed by atoms with van der Waals surface area (Å²) in [5, 5.41) is 0. The number of nitrogens with one attached hydrogen (secondary N) is 1. The molecule has 1 atom stereocenters. The number of carbonyl (C=O) groups excluding carboxylic acids is 1. The number of ether oxygens (including phenoxy) is 1. The summed E-state index contributed by atoms with van der Waals surface area (Å²) in [4.78, 5) is 34.1. The average Bonchev–Trinajstić information content (AvgIpc) is 3.27. The Hall–Kier alpha value is -3.09. The quantitative estimate of drug-likeness (QED) is 0.779. The first-order valence-electron chi connectivity index (χ1n) is 8.58. The van der Waals surface area contributed by atoms with Gasteiger partial charge in [-0.15, -0.1) is 0 Å². The van der Waals surface area contributed by atoms with Gasteiger partial charge in [-0.3, -0.25) is 9.59 Å². The highest BCUT2D eigenvalue weighted by Crippen LogP contribution is 2.31. The second-order valence-corrected chi connectivity index (χ2v) is 6.39. The topological polar surface area (TPSA) is 88.4 Å². The molecule has 26 heavy (non-hydrogen) atoms. The zero-order valence-electron chi connectivity index (χ0n) is 14.4. The van der Waals surface area contributed by atoms with Crippen LogP contribution in [0.1, 0.15) is 30.5 Å². The number of aromatic nitrogens is 2. The summed E-state index contributed by atoms with van der Waals surface area (Å²) < 4.78 is 10.5. The lowest BCUT2D eigenvalue weighted by molar-refractivity contribution is -0.134. The van der Waals surface area contributed by atoms with E-state index in [1.807, 2.05) is 24.3 Å². The molecule has 1 N–H and O–H groups in total. The molecule has 1 fully saturated rings. The maximum Gasteiger partial charge on any atom is 0.261 e. The molecular weight excluding hydrogens is 334 g/mol. The summed E-state index contributed by atoms with van der Waals surface area (Å²) in [5.41, 5.74) is 1.54. The van der Waals surface area contributed by atoms with E-state index in [1.165, 1.54) is 12.3 Å². The van der Waals surface area contributed by atoms with E-state index in [2.05, 4.69) is 9.97 Å². The molecule has 1 saturated heterocycles. The molecule has 2 aromatic heterocycles. The van der Waals surface area contributed by atoms with Crippen LogP contribution in [-0.2, 0) is 4.79 Å². The van der Waals surface area contributed by atoms with Crippen LogP contribution in [0.4, 0.5) is 0 Å². The standard InChI is InChI=1S/C19H19N3O4/c1-12-9-16(23)17(10-25-12)26-11-18(24)22-8-4-7-15(22)19-20-13-5-2-3-6-14(13)21-19/h2-3,5-6,9-10,15H,4,7-8,11H2,1H3,(H,20,21)/t15-/m0/s1. The lowest BCUT2D eigenvalue weighted by atomic mass is 10.2. The van der Waals surface area contributed by atoms with E-state index in [9.17, 15) is 9.59 Å². The van der Waals surface area contributed by atoms with Crippen molar-refractivity contribution in [3.05, 3.63) is 58.4 Å². The molecule has 0 spiro atoms. The summed E-state index contributed by atoms with van der Waals surface area (Å²) in [5.74, 6) is 1.15. The third-order valence-electron chi connectivity index (χ3n) is 4.58. The first kappa shape index (κ1) is 16.4. The number of hydrogen-bond donors (Lipinski definition) is 1. The van der Waals surface area contributed by atoms with E-state index < -0.39 is 0 Å². The number of likely N-dealkylation sites (tertiary alicyclic amines) is 1. The Kier molecular flexibility index (Phi) is 4.20. The van der Waals surface area contributed by atoms with Crippen LogP contribution in [0.3, 0.4) is 0 Å². The van der Waals surface area contributed by atoms with Crippen LogP contribution < -0.4 is 10.2 Å². The third kappa shape index (κ3) is 3.08. The molecule has 0 saturated carbocycles. The minimum absolute atomic E-state index is 0.0448. The van der Waals surface area contributed by atoms with Crippen LogP contribution in [0.2, 0.25) is 0 Å². The number of imidazole rings is 1. The SMILES string of the molecule is Cc1cc(=O)c(OCC(=O)N2CCC[C@H]2c2nc3ccccc3[nH]2)co1. The van der Waals surface area contributed by atoms with Crippen molar-refractivity contribution in [2.24, 2.45) is 0 Å². The van der Waals surface area contributed by atoms with E-state index in [0.717, 1.165) is 29.7 Å². The Labute approximate surface area is 149 Å². The molecule has 0 unspecified atom stereocenters. The first-order chi connectivity index (χ1) is 12.6. The van der Waals surface area contributed by atoms with Crippen LogP contribution in [-0.4, -0.2) is 33.9 Å². The summed E-state index contributed by atoms with van der Waals surface area (Å²) in [6.07, 6.45) is 2.99. The molecule has 0 aliphatic carbocycles. The van der Waals surface area contributed by atoms with Gasteiger partial charge in [0.15, 0.2) is 6.61 Å². The van der Waals surface area contributed by atoms with Gasteiger partial charge in [0.2, 0.25) is 11.2 Å². The van der Waals surface area contributed by atoms with Gasteiger partial charge in [-0.2, -0.15) is 0 Å². The number of H-pyrrole nitrogens is 1. The van der Waals surface area contributed by atoms with Crippen molar-refractivity contribution >= 4 is 16.9 Å². The van der Waals surface area contributed by atoms with Crippen LogP contribution in [0.15, 0.2) is 45.8 Å². The molecule has 3 heterocycles. The molecule has 3 aromatic rings. The molecule has 134 valence electrons. The Morgan fingerprint density at radius 1 is 1.42 bits per heavy atom. The van der Waals surface area contributed by atoms with Gasteiger partial charge in [0.25, 0.3) is 5.91 Å². The lowest BCUT2D eigenvalue weighted by Gasteiger charge is -2.23. The summed E-state index contributed by atoms with van der Waals surface area (Å²) in [7, 11) is 0. The number of aromatic amines is 1. The van der Waals surface area contributed by atoms with Crippen molar-refractivity contribution in [3.8, 4) is 5.75 Å². The van der Waals surface area contributed by atoms with Crippen LogP contribution in [0.5, 0.6) is 5.75 Å². The van der Waals surface area contributed by atoms with Gasteiger partial charge in [-0.05, 0) is 31.9 Å². The molecule has 0 radical (unpaired) electrons. The fourth-order valence-corrected chi connectivity index (χ4v) is 3.30. The number of carbonyl (C=O) groups is 1. The maximum atomic E-state index is 12.6. The zero-order chi connectivity index (χ0) is 18.1. The maximum absolute atomic E-state index is 12.6. The van der Waals surface area contributed by atoms with Crippen LogP contribution >= 0.6 is 0 Å². The average molecular weight is 353 g/mol. The summed E-state index contributed by atoms with van der Waals surface area (Å²) >= 11 is 0. The van der Waals surface area contributed by atoms with Crippen LogP contribution in [0.25, 0.3) is 11.0 Å². The highest BCUT2D eigenvalue weighted by Gasteiger charge is 2.32. The molecule has 1 aromatic carbocycles. The number of benzene rings is 1. The number of hydrogen-bond acceptors (Lipinski definition) is 5. The van der Waals surface area contributed by atoms with Gasteiger partial charge >= 0.3 is 0 Å². The number of fused-ring (bicyclic) bond motifs is 1. The lowest BCUT2D eigenvalue weighted by Crippen LogP contribution is -2.35. The van der Waals surface area contributed by atoms with Crippen molar-refractivity contribution in [3.63, 3.8) is 0 Å². The van der Waals surface area contributed by atoms with Gasteiger partial charge in [0.05, 0.1) is 17.1 Å². The monoisotopic (exact) mass is 353 g/mol. The molecule has 1 aliphatic rings. The molecule has 7 heteroatoms. The largest absolute Gasteiger partial charge is 0.477 e. The smallest absolute Gasteiger partial charge is 0.261 e. The number of amides is 1. The minimum Gasteiger partial charge on any atom is -0.477 e. The van der Waals surface area contributed by atoms with Crippen molar-refractivity contribution in [2.75, 3.05) is 13.2 Å². The fourth-order valence-electron chi connectivity index (χ4n) is 3.30. The number of rotatable bonds is 4. The normalized spacial score (nSPS) is 17.0. The highest BCUT2D eigenvalue weighted by atomic mass is 16.5. The van der Waals surface area contributed by atoms with E-state index in [0.29, 0.717) is 12.3 Å². The van der Waals surface area contributed by atoms with Gasteiger partial charge in [-0.1, -0.05) is 12.1 Å². The van der Waals surface area contributed by atoms with E-state index in [-0.39, 0.29) is 29.7 Å². The predicted molar refractivity (Wildman–Crippen MR) is 95.0 cm³/mol. The van der Waals surface area contributed by atoms with Crippen LogP contribution in [0, 0.1) is 6.92 Å². The Morgan fingerprint density at radius 2 is 2.27 bits per heavy atom. The van der Waals surface area contributed by atoms with Crippen molar-refractivity contribution < 1.29 is 13.9 Å². The number of para-hydroxylation sites is 2. The number of aryl methyl sites for hydroxylation is 1. The Bertz CT molecular complexity index is 974. The van der Waals surface area contributed by atoms with Gasteiger partial charge in [-0.25, -0.2) is 4.98 Å². The molecular formula is C19H19N3O4. The van der Waals surface area contributed by atoms with E-state index in [4.69, 9.17) is 9.15 Å². The summed E-state index contributed by atoms with van der Waals surface area (Å²) in [6, 6.07) is 9.03. The molecule has 0 bridgehead atoms. The van der Waals surface area contributed by atoms with Gasteiger partial charge < -0.3 is 19.0 Å². The molecule has 1 amide bonds. The van der Waals surface area contributed by atoms with E-state index >= 15 is 0 Å². The third-order valence-corrected chi connectivity index (χ3v) is 4.58. The van der Waals surface area contributed by atoms with Crippen molar-refractivity contribution in [1.82, 2.24) is 14.9 Å². The molecule has 1 aliphatic heterocycles. The minimum atomic E-state index is -0.295. The van der Waals surface area contributed by atoms with Gasteiger partial charge in [0, 0.05) is 12.6 Å². The Balaban J connectivity index is 1.48. The number of nitrogens with zero attached hydrogens (tertiary/aromatic N) is 2.